The monoisotopic (exact) mass is 423 g/mol. The van der Waals surface area contributed by atoms with E-state index in [0.717, 1.165) is 12.8 Å². The van der Waals surface area contributed by atoms with Crippen molar-refractivity contribution < 1.29 is 17.9 Å². The molecule has 1 saturated carbocycles. The van der Waals surface area contributed by atoms with Gasteiger partial charge in [-0.25, -0.2) is 8.42 Å². The molecule has 162 valence electrons. The summed E-state index contributed by atoms with van der Waals surface area (Å²) in [6.45, 7) is 4.69. The van der Waals surface area contributed by atoms with Crippen LogP contribution in [0.3, 0.4) is 0 Å². The number of benzene rings is 1. The molecule has 0 aromatic heterocycles. The number of rotatable bonds is 7. The van der Waals surface area contributed by atoms with Crippen LogP contribution in [0, 0.1) is 0 Å². The highest BCUT2D eigenvalue weighted by molar-refractivity contribution is 7.89. The van der Waals surface area contributed by atoms with Crippen LogP contribution in [0.2, 0.25) is 0 Å². The summed E-state index contributed by atoms with van der Waals surface area (Å²) in [5.74, 6) is 0.718. The van der Waals surface area contributed by atoms with Gasteiger partial charge in [-0.05, 0) is 44.0 Å². The Morgan fingerprint density at radius 3 is 2.24 bits per heavy atom. The quantitative estimate of drug-likeness (QED) is 0.681. The van der Waals surface area contributed by atoms with Crippen LogP contribution in [-0.4, -0.2) is 68.9 Å². The van der Waals surface area contributed by atoms with E-state index in [2.05, 4.69) is 5.32 Å². The summed E-state index contributed by atoms with van der Waals surface area (Å²) >= 11 is 0. The lowest BCUT2D eigenvalue weighted by molar-refractivity contribution is -0.123. The summed E-state index contributed by atoms with van der Waals surface area (Å²) in [5, 5.41) is 3.16. The van der Waals surface area contributed by atoms with Gasteiger partial charge in [0, 0.05) is 32.2 Å². The predicted octanol–water partition coefficient (Wildman–Crippen LogP) is 2.23. The van der Waals surface area contributed by atoms with Crippen molar-refractivity contribution in [2.45, 2.75) is 56.4 Å². The topological polar surface area (TPSA) is 79.0 Å². The van der Waals surface area contributed by atoms with Crippen LogP contribution in [0.25, 0.3) is 0 Å². The molecule has 7 nitrogen and oxygen atoms in total. The van der Waals surface area contributed by atoms with Crippen molar-refractivity contribution in [2.24, 2.45) is 0 Å². The van der Waals surface area contributed by atoms with Gasteiger partial charge in [-0.2, -0.15) is 4.31 Å². The molecule has 1 N–H and O–H groups in total. The largest absolute Gasteiger partial charge is 0.494 e. The number of ether oxygens (including phenoxy) is 1. The smallest absolute Gasteiger partial charge is 0.243 e. The summed E-state index contributed by atoms with van der Waals surface area (Å²) < 4.78 is 32.6. The Labute approximate surface area is 174 Å². The van der Waals surface area contributed by atoms with Crippen LogP contribution >= 0.6 is 0 Å². The maximum atomic E-state index is 12.9. The molecule has 0 atom stereocenters. The molecular formula is C21H33N3O4S. The third-order valence-corrected chi connectivity index (χ3v) is 7.60. The number of piperazine rings is 1. The Hall–Kier alpha value is -1.64. The lowest BCUT2D eigenvalue weighted by Gasteiger charge is -2.33. The molecule has 1 saturated heterocycles. The summed E-state index contributed by atoms with van der Waals surface area (Å²) in [6, 6.07) is 6.85. The van der Waals surface area contributed by atoms with E-state index in [1.54, 1.807) is 24.3 Å². The van der Waals surface area contributed by atoms with Crippen LogP contribution in [0.4, 0.5) is 0 Å². The van der Waals surface area contributed by atoms with Crippen molar-refractivity contribution >= 4 is 15.9 Å². The van der Waals surface area contributed by atoms with Gasteiger partial charge < -0.3 is 10.1 Å². The van der Waals surface area contributed by atoms with Gasteiger partial charge in [-0.15, -0.1) is 0 Å². The minimum atomic E-state index is -3.52. The fraction of sp³-hybridized carbons (Fsp3) is 0.667. The molecule has 1 aromatic carbocycles. The molecule has 1 heterocycles. The fourth-order valence-electron chi connectivity index (χ4n) is 4.05. The van der Waals surface area contributed by atoms with E-state index >= 15 is 0 Å². The van der Waals surface area contributed by atoms with E-state index < -0.39 is 10.0 Å². The second kappa shape index (κ2) is 10.4. The first-order chi connectivity index (χ1) is 14.0. The third kappa shape index (κ3) is 6.17. The Bertz CT molecular complexity index is 751. The minimum Gasteiger partial charge on any atom is -0.494 e. The van der Waals surface area contributed by atoms with Gasteiger partial charge in [0.2, 0.25) is 15.9 Å². The summed E-state index contributed by atoms with van der Waals surface area (Å²) in [4.78, 5) is 14.7. The minimum absolute atomic E-state index is 0.0553. The zero-order chi connectivity index (χ0) is 20.7. The molecule has 1 amide bonds. The van der Waals surface area contributed by atoms with E-state index in [4.69, 9.17) is 4.74 Å². The van der Waals surface area contributed by atoms with Crippen LogP contribution in [0.1, 0.15) is 45.4 Å². The molecule has 0 bridgehead atoms. The summed E-state index contributed by atoms with van der Waals surface area (Å²) in [5.41, 5.74) is 0. The molecule has 1 aliphatic carbocycles. The lowest BCUT2D eigenvalue weighted by Crippen LogP contribution is -2.51. The lowest BCUT2D eigenvalue weighted by atomic mass is 10.1. The summed E-state index contributed by atoms with van der Waals surface area (Å²) in [6.07, 6.45) is 7.04. The highest BCUT2D eigenvalue weighted by Gasteiger charge is 2.29. The van der Waals surface area contributed by atoms with E-state index in [9.17, 15) is 13.2 Å². The number of nitrogens with one attached hydrogen (secondary N) is 1. The Morgan fingerprint density at radius 2 is 1.66 bits per heavy atom. The molecule has 0 spiro atoms. The van der Waals surface area contributed by atoms with Crippen LogP contribution in [0.5, 0.6) is 5.75 Å². The van der Waals surface area contributed by atoms with E-state index in [0.29, 0.717) is 51.1 Å². The fourth-order valence-corrected chi connectivity index (χ4v) is 5.47. The second-order valence-electron chi connectivity index (χ2n) is 7.84. The zero-order valence-corrected chi connectivity index (χ0v) is 18.1. The number of nitrogens with zero attached hydrogens (tertiary/aromatic N) is 2. The van der Waals surface area contributed by atoms with Crippen molar-refractivity contribution in [3.05, 3.63) is 24.3 Å². The highest BCUT2D eigenvalue weighted by atomic mass is 32.2. The van der Waals surface area contributed by atoms with Gasteiger partial charge >= 0.3 is 0 Å². The zero-order valence-electron chi connectivity index (χ0n) is 17.3. The average Bonchev–Trinajstić information content (AvgIpc) is 2.98. The SMILES string of the molecule is CCOc1ccc(S(=O)(=O)N2CCN(CC(=O)NC3CCCCCC3)CC2)cc1. The first-order valence-electron chi connectivity index (χ1n) is 10.7. The molecule has 0 unspecified atom stereocenters. The molecule has 1 aliphatic heterocycles. The van der Waals surface area contributed by atoms with Gasteiger partial charge in [-0.1, -0.05) is 25.7 Å². The Balaban J connectivity index is 1.48. The molecule has 0 radical (unpaired) electrons. The normalized spacial score (nSPS) is 20.2. The predicted molar refractivity (Wildman–Crippen MR) is 112 cm³/mol. The van der Waals surface area contributed by atoms with Gasteiger partial charge in [-0.3, -0.25) is 9.69 Å². The van der Waals surface area contributed by atoms with Crippen LogP contribution in [0.15, 0.2) is 29.2 Å². The Kier molecular flexibility index (Phi) is 7.91. The van der Waals surface area contributed by atoms with Crippen molar-refractivity contribution in [3.8, 4) is 5.75 Å². The number of sulfonamides is 1. The van der Waals surface area contributed by atoms with Crippen molar-refractivity contribution in [1.82, 2.24) is 14.5 Å². The molecule has 29 heavy (non-hydrogen) atoms. The van der Waals surface area contributed by atoms with Gasteiger partial charge in [0.25, 0.3) is 0 Å². The van der Waals surface area contributed by atoms with Gasteiger partial charge in [0.1, 0.15) is 5.75 Å². The maximum Gasteiger partial charge on any atom is 0.243 e. The molecular weight excluding hydrogens is 390 g/mol. The number of hydrogen-bond acceptors (Lipinski definition) is 5. The van der Waals surface area contributed by atoms with E-state index in [1.807, 2.05) is 11.8 Å². The molecule has 2 fully saturated rings. The second-order valence-corrected chi connectivity index (χ2v) is 9.78. The van der Waals surface area contributed by atoms with Crippen molar-refractivity contribution in [3.63, 3.8) is 0 Å². The third-order valence-electron chi connectivity index (χ3n) is 5.69. The Morgan fingerprint density at radius 1 is 1.03 bits per heavy atom. The van der Waals surface area contributed by atoms with Gasteiger partial charge in [0.15, 0.2) is 0 Å². The average molecular weight is 424 g/mol. The summed E-state index contributed by atoms with van der Waals surface area (Å²) in [7, 11) is -3.52. The highest BCUT2D eigenvalue weighted by Crippen LogP contribution is 2.21. The number of carbonyl (C=O) groups excluding carboxylic acids is 1. The molecule has 3 rings (SSSR count). The molecule has 8 heteroatoms. The van der Waals surface area contributed by atoms with E-state index in [-0.39, 0.29) is 10.8 Å². The van der Waals surface area contributed by atoms with Crippen LogP contribution < -0.4 is 10.1 Å². The number of amides is 1. The number of carbonyl (C=O) groups is 1. The molecule has 2 aliphatic rings. The first-order valence-corrected chi connectivity index (χ1v) is 12.2. The number of hydrogen-bond donors (Lipinski definition) is 1. The van der Waals surface area contributed by atoms with Crippen LogP contribution in [-0.2, 0) is 14.8 Å². The van der Waals surface area contributed by atoms with Crippen molar-refractivity contribution in [2.75, 3.05) is 39.3 Å². The standard InChI is InChI=1S/C21H33N3O4S/c1-2-28-19-9-11-20(12-10-19)29(26,27)24-15-13-23(14-16-24)17-21(25)22-18-7-5-3-4-6-8-18/h9-12,18H,2-8,13-17H2,1H3,(H,22,25). The van der Waals surface area contributed by atoms with E-state index in [1.165, 1.54) is 30.0 Å². The first kappa shape index (κ1) is 22.1. The van der Waals surface area contributed by atoms with Gasteiger partial charge in [0.05, 0.1) is 18.0 Å². The van der Waals surface area contributed by atoms with Crippen molar-refractivity contribution in [1.29, 1.82) is 0 Å². The maximum absolute atomic E-state index is 12.9. The molecule has 1 aromatic rings.